The lowest BCUT2D eigenvalue weighted by atomic mass is 9.98. The summed E-state index contributed by atoms with van der Waals surface area (Å²) in [5, 5.41) is 9.85. The van der Waals surface area contributed by atoms with Crippen molar-refractivity contribution in [3.63, 3.8) is 0 Å². The number of rotatable bonds is 7. The van der Waals surface area contributed by atoms with Crippen LogP contribution < -0.4 is 4.87 Å². The summed E-state index contributed by atoms with van der Waals surface area (Å²) in [5.41, 5.74) is 8.88. The largest absolute Gasteiger partial charge is 0.494 e. The topological polar surface area (TPSA) is 82.6 Å². The van der Waals surface area contributed by atoms with E-state index in [1.807, 2.05) is 66.7 Å². The van der Waals surface area contributed by atoms with Gasteiger partial charge in [0.25, 0.3) is 0 Å². The first-order valence-electron chi connectivity index (χ1n) is 13.1. The molecule has 1 aliphatic carbocycles. The molecule has 0 saturated carbocycles. The van der Waals surface area contributed by atoms with Crippen molar-refractivity contribution in [3.05, 3.63) is 134 Å². The van der Waals surface area contributed by atoms with Crippen LogP contribution in [0.3, 0.4) is 0 Å². The van der Waals surface area contributed by atoms with Crippen molar-refractivity contribution in [2.45, 2.75) is 18.9 Å². The van der Waals surface area contributed by atoms with Gasteiger partial charge in [0.05, 0.1) is 4.88 Å². The molecule has 1 amide bonds. The molecular formula is C33H28N2O4S. The van der Waals surface area contributed by atoms with Crippen LogP contribution in [0.25, 0.3) is 22.3 Å². The SMILES string of the molecule is CN(Cc1cccc(-c2ccc(Cc3sc(=O)[nH]c3O)cc2)c1)C(=O)OCC1c2ccccc2-c2ccccc21. The standard InChI is InChI=1S/C33H28N2O4S/c1-35(33(38)39-20-29-27-11-4-2-9-25(27)26-10-3-5-12-28(26)29)19-22-7-6-8-24(17-22)23-15-13-21(14-16-23)18-30-31(36)34-32(37)40-30/h2-17,29,36H,18-20H2,1H3,(H,34,37). The van der Waals surface area contributed by atoms with E-state index in [9.17, 15) is 14.7 Å². The smallest absolute Gasteiger partial charge is 0.409 e. The Morgan fingerprint density at radius 2 is 1.55 bits per heavy atom. The maximum atomic E-state index is 13.0. The number of thiazole rings is 1. The second-order valence-corrected chi connectivity index (χ2v) is 11.1. The number of amides is 1. The van der Waals surface area contributed by atoms with Gasteiger partial charge in [-0.05, 0) is 50.6 Å². The molecule has 40 heavy (non-hydrogen) atoms. The Hall–Kier alpha value is -4.62. The highest BCUT2D eigenvalue weighted by atomic mass is 32.1. The molecule has 5 aromatic rings. The van der Waals surface area contributed by atoms with Crippen molar-refractivity contribution in [2.24, 2.45) is 0 Å². The second kappa shape index (κ2) is 10.9. The molecular weight excluding hydrogens is 520 g/mol. The molecule has 200 valence electrons. The predicted octanol–water partition coefficient (Wildman–Crippen LogP) is 6.78. The molecule has 6 nitrogen and oxygen atoms in total. The summed E-state index contributed by atoms with van der Waals surface area (Å²) >= 11 is 1.02. The monoisotopic (exact) mass is 548 g/mol. The first-order chi connectivity index (χ1) is 19.5. The lowest BCUT2D eigenvalue weighted by molar-refractivity contribution is 0.106. The second-order valence-electron chi connectivity index (χ2n) is 10.0. The minimum atomic E-state index is -0.355. The van der Waals surface area contributed by atoms with Gasteiger partial charge in [-0.3, -0.25) is 9.78 Å². The highest BCUT2D eigenvalue weighted by molar-refractivity contribution is 7.09. The zero-order chi connectivity index (χ0) is 27.6. The van der Waals surface area contributed by atoms with Crippen molar-refractivity contribution in [2.75, 3.05) is 13.7 Å². The molecule has 0 unspecified atom stereocenters. The lowest BCUT2D eigenvalue weighted by Gasteiger charge is -2.20. The van der Waals surface area contributed by atoms with Gasteiger partial charge in [-0.25, -0.2) is 4.79 Å². The van der Waals surface area contributed by atoms with Gasteiger partial charge >= 0.3 is 11.0 Å². The summed E-state index contributed by atoms with van der Waals surface area (Å²) in [6, 6.07) is 32.8. The summed E-state index contributed by atoms with van der Waals surface area (Å²) in [6.45, 7) is 0.718. The Morgan fingerprint density at radius 3 is 2.20 bits per heavy atom. The molecule has 0 fully saturated rings. The molecule has 1 aromatic heterocycles. The van der Waals surface area contributed by atoms with Gasteiger partial charge in [0.2, 0.25) is 5.88 Å². The predicted molar refractivity (Wildman–Crippen MR) is 158 cm³/mol. The fraction of sp³-hybridized carbons (Fsp3) is 0.152. The van der Waals surface area contributed by atoms with E-state index in [1.54, 1.807) is 11.9 Å². The molecule has 1 aliphatic rings. The van der Waals surface area contributed by atoms with Crippen molar-refractivity contribution < 1.29 is 14.6 Å². The van der Waals surface area contributed by atoms with Crippen molar-refractivity contribution in [3.8, 4) is 28.1 Å². The van der Waals surface area contributed by atoms with Crippen LogP contribution in [0.4, 0.5) is 4.79 Å². The summed E-state index contributed by atoms with van der Waals surface area (Å²) in [4.78, 5) is 28.8. The lowest BCUT2D eigenvalue weighted by Crippen LogP contribution is -2.28. The normalized spacial score (nSPS) is 12.1. The highest BCUT2D eigenvalue weighted by Crippen LogP contribution is 2.44. The molecule has 7 heteroatoms. The summed E-state index contributed by atoms with van der Waals surface area (Å²) in [5.74, 6) is -0.0346. The number of carbonyl (C=O) groups is 1. The van der Waals surface area contributed by atoms with Gasteiger partial charge in [-0.15, -0.1) is 0 Å². The van der Waals surface area contributed by atoms with Gasteiger partial charge in [-0.2, -0.15) is 0 Å². The van der Waals surface area contributed by atoms with Crippen LogP contribution in [0.5, 0.6) is 5.88 Å². The zero-order valence-electron chi connectivity index (χ0n) is 22.0. The fourth-order valence-corrected chi connectivity index (χ4v) is 6.12. The number of carbonyl (C=O) groups excluding carboxylic acids is 1. The third-order valence-electron chi connectivity index (χ3n) is 7.35. The Labute approximate surface area is 236 Å². The fourth-order valence-electron chi connectivity index (χ4n) is 5.36. The van der Waals surface area contributed by atoms with Gasteiger partial charge in [0, 0.05) is 25.9 Å². The van der Waals surface area contributed by atoms with Gasteiger partial charge < -0.3 is 14.7 Å². The van der Waals surface area contributed by atoms with Crippen molar-refractivity contribution in [1.82, 2.24) is 9.88 Å². The molecule has 0 spiro atoms. The molecule has 0 bridgehead atoms. The third-order valence-corrected chi connectivity index (χ3v) is 8.22. The Balaban J connectivity index is 1.09. The summed E-state index contributed by atoms with van der Waals surface area (Å²) in [7, 11) is 1.76. The summed E-state index contributed by atoms with van der Waals surface area (Å²) in [6.07, 6.45) is 0.132. The maximum absolute atomic E-state index is 13.0. The Morgan fingerprint density at radius 1 is 0.875 bits per heavy atom. The minimum absolute atomic E-state index is 0.0281. The van der Waals surface area contributed by atoms with E-state index in [1.165, 1.54) is 22.3 Å². The number of ether oxygens (including phenoxy) is 1. The Kier molecular flexibility index (Phi) is 6.97. The van der Waals surface area contributed by atoms with E-state index in [0.29, 0.717) is 24.4 Å². The number of nitrogens with one attached hydrogen (secondary N) is 1. The number of fused-ring (bicyclic) bond motifs is 3. The van der Waals surface area contributed by atoms with E-state index < -0.39 is 0 Å². The quantitative estimate of drug-likeness (QED) is 0.235. The zero-order valence-corrected chi connectivity index (χ0v) is 22.8. The minimum Gasteiger partial charge on any atom is -0.494 e. The number of hydrogen-bond donors (Lipinski definition) is 2. The van der Waals surface area contributed by atoms with Crippen molar-refractivity contribution >= 4 is 17.4 Å². The van der Waals surface area contributed by atoms with E-state index in [2.05, 4.69) is 35.3 Å². The summed E-state index contributed by atoms with van der Waals surface area (Å²) < 4.78 is 5.81. The molecule has 0 radical (unpaired) electrons. The average Bonchev–Trinajstić information content (AvgIpc) is 3.47. The number of aromatic nitrogens is 1. The van der Waals surface area contributed by atoms with Crippen LogP contribution in [-0.4, -0.2) is 34.7 Å². The molecule has 0 saturated heterocycles. The molecule has 6 rings (SSSR count). The number of aromatic amines is 1. The van der Waals surface area contributed by atoms with Crippen LogP contribution in [0.15, 0.2) is 102 Å². The number of benzene rings is 4. The van der Waals surface area contributed by atoms with E-state index in [4.69, 9.17) is 4.74 Å². The molecule has 1 heterocycles. The van der Waals surface area contributed by atoms with Gasteiger partial charge in [0.1, 0.15) is 6.61 Å². The number of hydrogen-bond acceptors (Lipinski definition) is 5. The maximum Gasteiger partial charge on any atom is 0.409 e. The van der Waals surface area contributed by atoms with Gasteiger partial charge in [-0.1, -0.05) is 102 Å². The first-order valence-corrected chi connectivity index (χ1v) is 13.9. The van der Waals surface area contributed by atoms with Crippen LogP contribution in [0, 0.1) is 0 Å². The van der Waals surface area contributed by atoms with E-state index in [0.717, 1.165) is 33.6 Å². The van der Waals surface area contributed by atoms with Gasteiger partial charge in [0.15, 0.2) is 0 Å². The molecule has 0 aliphatic heterocycles. The van der Waals surface area contributed by atoms with Crippen LogP contribution in [0.2, 0.25) is 0 Å². The number of aromatic hydroxyl groups is 1. The average molecular weight is 549 g/mol. The van der Waals surface area contributed by atoms with Crippen LogP contribution >= 0.6 is 11.3 Å². The van der Waals surface area contributed by atoms with E-state index >= 15 is 0 Å². The van der Waals surface area contributed by atoms with Crippen LogP contribution in [0.1, 0.15) is 33.0 Å². The molecule has 2 N–H and O–H groups in total. The molecule has 4 aromatic carbocycles. The number of H-pyrrole nitrogens is 1. The van der Waals surface area contributed by atoms with Crippen LogP contribution in [-0.2, 0) is 17.7 Å². The first kappa shape index (κ1) is 25.6. The Bertz CT molecular complexity index is 1690. The third kappa shape index (κ3) is 5.16. The molecule has 0 atom stereocenters. The van der Waals surface area contributed by atoms with Crippen molar-refractivity contribution in [1.29, 1.82) is 0 Å². The number of nitrogens with zero attached hydrogens (tertiary/aromatic N) is 1. The highest BCUT2D eigenvalue weighted by Gasteiger charge is 2.29. The van der Waals surface area contributed by atoms with E-state index in [-0.39, 0.29) is 22.8 Å².